The molecule has 6 heteroatoms. The molecule has 96 valence electrons. The van der Waals surface area contributed by atoms with Gasteiger partial charge in [0, 0.05) is 37.7 Å². The van der Waals surface area contributed by atoms with Crippen LogP contribution in [0.2, 0.25) is 4.34 Å². The molecule has 1 heterocycles. The van der Waals surface area contributed by atoms with Gasteiger partial charge in [-0.2, -0.15) is 0 Å². The van der Waals surface area contributed by atoms with Crippen molar-refractivity contribution in [2.24, 2.45) is 5.73 Å². The summed E-state index contributed by atoms with van der Waals surface area (Å²) in [5.74, 6) is 0. The number of hydrogen-bond acceptors (Lipinski definition) is 5. The minimum atomic E-state index is 0.613. The molecule has 0 unspecified atom stereocenters. The number of aromatic nitrogens is 2. The molecule has 2 N–H and O–H groups in total. The first-order chi connectivity index (χ1) is 8.79. The molecule has 0 amide bonds. The van der Waals surface area contributed by atoms with Crippen LogP contribution in [-0.4, -0.2) is 27.6 Å². The molecular weight excluding hydrogens is 268 g/mol. The fourth-order valence-electron chi connectivity index (χ4n) is 1.74. The normalized spacial score (nSPS) is 11.1. The van der Waals surface area contributed by atoms with E-state index in [4.69, 9.17) is 17.3 Å². The van der Waals surface area contributed by atoms with E-state index in [1.165, 1.54) is 17.1 Å². The lowest BCUT2D eigenvalue weighted by molar-refractivity contribution is 0.261. The molecule has 0 aliphatic heterocycles. The number of hydrogen-bond donors (Lipinski definition) is 1. The van der Waals surface area contributed by atoms with Gasteiger partial charge in [-0.05, 0) is 5.56 Å². The Bertz CT molecular complexity index is 474. The van der Waals surface area contributed by atoms with Gasteiger partial charge in [0.1, 0.15) is 10.0 Å². The molecule has 2 aromatic rings. The Morgan fingerprint density at radius 3 is 2.61 bits per heavy atom. The van der Waals surface area contributed by atoms with E-state index < -0.39 is 0 Å². The lowest BCUT2D eigenvalue weighted by Gasteiger charge is -2.20. The third kappa shape index (κ3) is 3.74. The summed E-state index contributed by atoms with van der Waals surface area (Å²) in [4.78, 5) is 2.22. The van der Waals surface area contributed by atoms with E-state index >= 15 is 0 Å². The predicted molar refractivity (Wildman–Crippen MR) is 74.5 cm³/mol. The maximum atomic E-state index is 6.02. The second kappa shape index (κ2) is 6.80. The monoisotopic (exact) mass is 282 g/mol. The molecule has 0 aliphatic rings. The molecule has 0 fully saturated rings. The van der Waals surface area contributed by atoms with Crippen LogP contribution in [0.3, 0.4) is 0 Å². The smallest absolute Gasteiger partial charge is 0.138 e. The topological polar surface area (TPSA) is 55.0 Å². The SMILES string of the molecule is NCCN(Cc1ccccc1)Cc1nnsc1Cl. The van der Waals surface area contributed by atoms with E-state index in [0.717, 1.165) is 18.8 Å². The number of nitrogens with two attached hydrogens (primary N) is 1. The van der Waals surface area contributed by atoms with Gasteiger partial charge in [0.2, 0.25) is 0 Å². The second-order valence-corrected chi connectivity index (χ2v) is 5.33. The Hall–Kier alpha value is -1.01. The number of benzene rings is 1. The van der Waals surface area contributed by atoms with Crippen molar-refractivity contribution < 1.29 is 0 Å². The first-order valence-corrected chi connectivity index (χ1v) is 6.88. The van der Waals surface area contributed by atoms with Crippen LogP contribution in [0.25, 0.3) is 0 Å². The molecule has 2 rings (SSSR count). The van der Waals surface area contributed by atoms with Gasteiger partial charge in [0.15, 0.2) is 0 Å². The quantitative estimate of drug-likeness (QED) is 0.882. The van der Waals surface area contributed by atoms with E-state index in [1.54, 1.807) is 0 Å². The molecule has 4 nitrogen and oxygen atoms in total. The Balaban J connectivity index is 2.02. The summed E-state index contributed by atoms with van der Waals surface area (Å²) in [6.07, 6.45) is 0. The Morgan fingerprint density at radius 1 is 1.22 bits per heavy atom. The van der Waals surface area contributed by atoms with Crippen molar-refractivity contribution >= 4 is 23.1 Å². The minimum absolute atomic E-state index is 0.613. The van der Waals surface area contributed by atoms with E-state index in [0.29, 0.717) is 17.4 Å². The van der Waals surface area contributed by atoms with Crippen LogP contribution in [0, 0.1) is 0 Å². The maximum Gasteiger partial charge on any atom is 0.138 e. The molecule has 0 bridgehead atoms. The molecule has 0 saturated carbocycles. The fraction of sp³-hybridized carbons (Fsp3) is 0.333. The molecule has 18 heavy (non-hydrogen) atoms. The van der Waals surface area contributed by atoms with Crippen LogP contribution in [0.4, 0.5) is 0 Å². The van der Waals surface area contributed by atoms with Gasteiger partial charge in [-0.3, -0.25) is 4.90 Å². The zero-order chi connectivity index (χ0) is 12.8. The van der Waals surface area contributed by atoms with Crippen molar-refractivity contribution in [3.63, 3.8) is 0 Å². The van der Waals surface area contributed by atoms with Crippen LogP contribution in [0.5, 0.6) is 0 Å². The maximum absolute atomic E-state index is 6.02. The van der Waals surface area contributed by atoms with E-state index in [1.807, 2.05) is 18.2 Å². The zero-order valence-electron chi connectivity index (χ0n) is 9.92. The van der Waals surface area contributed by atoms with Gasteiger partial charge in [-0.1, -0.05) is 46.4 Å². The number of halogens is 1. The lowest BCUT2D eigenvalue weighted by atomic mass is 10.2. The average molecular weight is 283 g/mol. The molecule has 1 aromatic carbocycles. The third-order valence-electron chi connectivity index (χ3n) is 2.58. The van der Waals surface area contributed by atoms with Gasteiger partial charge >= 0.3 is 0 Å². The van der Waals surface area contributed by atoms with Crippen LogP contribution in [-0.2, 0) is 13.1 Å². The van der Waals surface area contributed by atoms with Crippen molar-refractivity contribution in [1.29, 1.82) is 0 Å². The zero-order valence-corrected chi connectivity index (χ0v) is 11.5. The van der Waals surface area contributed by atoms with Gasteiger partial charge in [-0.25, -0.2) is 0 Å². The standard InChI is InChI=1S/C12H15ClN4S/c13-12-11(15-16-18-12)9-17(7-6-14)8-10-4-2-1-3-5-10/h1-5H,6-9,14H2. The molecule has 0 radical (unpaired) electrons. The van der Waals surface area contributed by atoms with Crippen LogP contribution in [0.1, 0.15) is 11.3 Å². The van der Waals surface area contributed by atoms with Crippen molar-refractivity contribution in [2.75, 3.05) is 13.1 Å². The van der Waals surface area contributed by atoms with Crippen molar-refractivity contribution in [3.05, 3.63) is 45.9 Å². The number of nitrogens with zero attached hydrogens (tertiary/aromatic N) is 3. The Kier molecular flexibility index (Phi) is 5.07. The van der Waals surface area contributed by atoms with E-state index in [-0.39, 0.29) is 0 Å². The van der Waals surface area contributed by atoms with Crippen molar-refractivity contribution in [3.8, 4) is 0 Å². The third-order valence-corrected chi connectivity index (χ3v) is 3.56. The molecule has 0 aliphatic carbocycles. The van der Waals surface area contributed by atoms with E-state index in [9.17, 15) is 0 Å². The average Bonchev–Trinajstić information content (AvgIpc) is 2.77. The van der Waals surface area contributed by atoms with Gasteiger partial charge in [-0.15, -0.1) is 5.10 Å². The highest BCUT2D eigenvalue weighted by Crippen LogP contribution is 2.19. The summed E-state index contributed by atoms with van der Waals surface area (Å²) in [7, 11) is 0. The summed E-state index contributed by atoms with van der Waals surface area (Å²) in [6, 6.07) is 10.3. The highest BCUT2D eigenvalue weighted by atomic mass is 35.5. The second-order valence-electron chi connectivity index (χ2n) is 3.98. The van der Waals surface area contributed by atoms with Gasteiger partial charge in [0.25, 0.3) is 0 Å². The Labute approximate surface area is 116 Å². The number of rotatable bonds is 6. The van der Waals surface area contributed by atoms with E-state index in [2.05, 4.69) is 26.6 Å². The van der Waals surface area contributed by atoms with Gasteiger partial charge in [0.05, 0.1) is 0 Å². The van der Waals surface area contributed by atoms with Crippen molar-refractivity contribution in [1.82, 2.24) is 14.5 Å². The summed E-state index contributed by atoms with van der Waals surface area (Å²) in [5.41, 5.74) is 7.72. The molecule has 1 aromatic heterocycles. The lowest BCUT2D eigenvalue weighted by Crippen LogP contribution is -2.29. The first kappa shape index (κ1) is 13.4. The fourth-order valence-corrected chi connectivity index (χ4v) is 2.35. The highest BCUT2D eigenvalue weighted by Gasteiger charge is 2.11. The summed E-state index contributed by atoms with van der Waals surface area (Å²) >= 11 is 7.24. The minimum Gasteiger partial charge on any atom is -0.329 e. The first-order valence-electron chi connectivity index (χ1n) is 5.72. The van der Waals surface area contributed by atoms with Crippen LogP contribution < -0.4 is 5.73 Å². The highest BCUT2D eigenvalue weighted by molar-refractivity contribution is 7.10. The largest absolute Gasteiger partial charge is 0.329 e. The Morgan fingerprint density at radius 2 is 2.00 bits per heavy atom. The predicted octanol–water partition coefficient (Wildman–Crippen LogP) is 2.15. The van der Waals surface area contributed by atoms with Crippen LogP contribution >= 0.6 is 23.1 Å². The summed E-state index contributed by atoms with van der Waals surface area (Å²) in [5, 5.41) is 4.03. The summed E-state index contributed by atoms with van der Waals surface area (Å²) in [6.45, 7) is 2.94. The van der Waals surface area contributed by atoms with Crippen LogP contribution in [0.15, 0.2) is 30.3 Å². The molecular formula is C12H15ClN4S. The van der Waals surface area contributed by atoms with Crippen molar-refractivity contribution in [2.45, 2.75) is 13.1 Å². The molecule has 0 spiro atoms. The van der Waals surface area contributed by atoms with Gasteiger partial charge < -0.3 is 5.73 Å². The summed E-state index contributed by atoms with van der Waals surface area (Å²) < 4.78 is 4.50. The molecule has 0 saturated heterocycles. The molecule has 0 atom stereocenters.